The fourth-order valence-corrected chi connectivity index (χ4v) is 3.56. The van der Waals surface area contributed by atoms with Crippen molar-refractivity contribution in [3.8, 4) is 11.5 Å². The third kappa shape index (κ3) is 5.75. The molecule has 0 fully saturated rings. The summed E-state index contributed by atoms with van der Waals surface area (Å²) in [4.78, 5) is 12.5. The maximum Gasteiger partial charge on any atom is 0.275 e. The second kappa shape index (κ2) is 10.5. The van der Waals surface area contributed by atoms with Gasteiger partial charge in [-0.15, -0.1) is 0 Å². The number of hydrogen-bond acceptors (Lipinski definition) is 4. The number of hydrogen-bond donors (Lipinski definition) is 1. The summed E-state index contributed by atoms with van der Waals surface area (Å²) in [6, 6.07) is 18.0. The zero-order valence-corrected chi connectivity index (χ0v) is 19.0. The Hall–Kier alpha value is -2.54. The molecule has 0 bridgehead atoms. The van der Waals surface area contributed by atoms with Crippen LogP contribution in [0.2, 0.25) is 10.0 Å². The maximum absolute atomic E-state index is 12.5. The maximum atomic E-state index is 12.5. The molecule has 154 valence electrons. The van der Waals surface area contributed by atoms with E-state index in [0.717, 1.165) is 10.0 Å². The van der Waals surface area contributed by atoms with Gasteiger partial charge in [-0.3, -0.25) is 4.79 Å². The smallest absolute Gasteiger partial charge is 0.275 e. The van der Waals surface area contributed by atoms with Gasteiger partial charge in [0.25, 0.3) is 5.91 Å². The Balaban J connectivity index is 1.78. The molecule has 1 amide bonds. The number of benzene rings is 3. The summed E-state index contributed by atoms with van der Waals surface area (Å²) in [5.74, 6) is 0.427. The van der Waals surface area contributed by atoms with Gasteiger partial charge in [0.1, 0.15) is 18.1 Å². The van der Waals surface area contributed by atoms with E-state index in [1.807, 2.05) is 30.3 Å². The normalized spacial score (nSPS) is 10.8. The van der Waals surface area contributed by atoms with Crippen LogP contribution in [0.3, 0.4) is 0 Å². The second-order valence-electron chi connectivity index (χ2n) is 6.12. The molecule has 0 unspecified atom stereocenters. The summed E-state index contributed by atoms with van der Waals surface area (Å²) in [5, 5.41) is 4.80. The number of amides is 1. The van der Waals surface area contributed by atoms with E-state index >= 15 is 0 Å². The van der Waals surface area contributed by atoms with Crippen LogP contribution in [0.5, 0.6) is 11.5 Å². The molecule has 0 saturated carbocycles. The first-order valence-corrected chi connectivity index (χ1v) is 10.4. The minimum atomic E-state index is -0.427. The monoisotopic (exact) mass is 506 g/mol. The highest BCUT2D eigenvalue weighted by atomic mass is 79.9. The number of carbonyl (C=O) groups excluding carboxylic acids is 1. The van der Waals surface area contributed by atoms with E-state index in [4.69, 9.17) is 32.7 Å². The number of halogens is 3. The lowest BCUT2D eigenvalue weighted by Gasteiger charge is -2.12. The number of nitrogens with one attached hydrogen (secondary N) is 1. The van der Waals surface area contributed by atoms with Crippen molar-refractivity contribution < 1.29 is 14.3 Å². The van der Waals surface area contributed by atoms with Gasteiger partial charge in [-0.05, 0) is 35.9 Å². The summed E-state index contributed by atoms with van der Waals surface area (Å²) in [6.45, 7) is 0.324. The van der Waals surface area contributed by atoms with Crippen LogP contribution < -0.4 is 14.9 Å². The molecule has 0 aliphatic heterocycles. The second-order valence-corrected chi connectivity index (χ2v) is 7.88. The number of hydrazone groups is 1. The predicted octanol–water partition coefficient (Wildman–Crippen LogP) is 6.11. The summed E-state index contributed by atoms with van der Waals surface area (Å²) in [6.07, 6.45) is 1.43. The summed E-state index contributed by atoms with van der Waals surface area (Å²) >= 11 is 15.8. The lowest BCUT2D eigenvalue weighted by atomic mass is 10.2. The number of methoxy groups -OCH3 is 1. The molecule has 0 aliphatic rings. The Labute approximate surface area is 192 Å². The number of carbonyl (C=O) groups is 1. The van der Waals surface area contributed by atoms with Crippen LogP contribution in [0.15, 0.2) is 70.2 Å². The lowest BCUT2D eigenvalue weighted by molar-refractivity contribution is 0.0952. The molecule has 1 N–H and O–H groups in total. The Morgan fingerprint density at radius 1 is 1.13 bits per heavy atom. The molecule has 0 radical (unpaired) electrons. The van der Waals surface area contributed by atoms with E-state index in [9.17, 15) is 4.79 Å². The molecule has 8 heteroatoms. The summed E-state index contributed by atoms with van der Waals surface area (Å²) in [7, 11) is 1.49. The number of ether oxygens (including phenoxy) is 2. The minimum Gasteiger partial charge on any atom is -0.496 e. The minimum absolute atomic E-state index is 0.324. The molecule has 3 rings (SSSR count). The van der Waals surface area contributed by atoms with Crippen molar-refractivity contribution in [3.05, 3.63) is 91.9 Å². The number of rotatable bonds is 7. The topological polar surface area (TPSA) is 59.9 Å². The molecule has 0 aliphatic carbocycles. The highest BCUT2D eigenvalue weighted by Gasteiger charge is 2.13. The van der Waals surface area contributed by atoms with Gasteiger partial charge in [-0.1, -0.05) is 69.5 Å². The van der Waals surface area contributed by atoms with E-state index in [2.05, 4.69) is 26.5 Å². The molecule has 0 spiro atoms. The molecule has 0 heterocycles. The van der Waals surface area contributed by atoms with Gasteiger partial charge >= 0.3 is 0 Å². The summed E-state index contributed by atoms with van der Waals surface area (Å²) < 4.78 is 11.9. The van der Waals surface area contributed by atoms with E-state index < -0.39 is 5.91 Å². The van der Waals surface area contributed by atoms with E-state index in [0.29, 0.717) is 39.3 Å². The van der Waals surface area contributed by atoms with Gasteiger partial charge in [-0.25, -0.2) is 5.43 Å². The van der Waals surface area contributed by atoms with Crippen molar-refractivity contribution in [2.75, 3.05) is 7.11 Å². The molecule has 5 nitrogen and oxygen atoms in total. The molecule has 0 aromatic heterocycles. The standard InChI is InChI=1S/C22H17BrCl2N2O3/c1-29-20-8-7-16(23)10-18(20)22(28)27-26-12-15-9-17(24)11-19(25)21(15)30-13-14-5-3-2-4-6-14/h2-12H,13H2,1H3,(H,27,28)/b26-12-. The third-order valence-electron chi connectivity index (χ3n) is 4.04. The first kappa shape index (κ1) is 22.2. The van der Waals surface area contributed by atoms with Crippen molar-refractivity contribution >= 4 is 51.3 Å². The van der Waals surface area contributed by atoms with Crippen LogP contribution >= 0.6 is 39.1 Å². The number of nitrogens with zero attached hydrogens (tertiary/aromatic N) is 1. The molecule has 3 aromatic carbocycles. The first-order chi connectivity index (χ1) is 14.5. The third-order valence-corrected chi connectivity index (χ3v) is 5.03. The fourth-order valence-electron chi connectivity index (χ4n) is 2.64. The average Bonchev–Trinajstić information content (AvgIpc) is 2.73. The van der Waals surface area contributed by atoms with Crippen LogP contribution in [-0.2, 0) is 6.61 Å². The Bertz CT molecular complexity index is 1080. The van der Waals surface area contributed by atoms with E-state index in [1.54, 1.807) is 30.3 Å². The van der Waals surface area contributed by atoms with Gasteiger partial charge in [0.15, 0.2) is 0 Å². The van der Waals surface area contributed by atoms with Crippen LogP contribution in [0.25, 0.3) is 0 Å². The highest BCUT2D eigenvalue weighted by Crippen LogP contribution is 2.32. The van der Waals surface area contributed by atoms with Crippen molar-refractivity contribution in [3.63, 3.8) is 0 Å². The van der Waals surface area contributed by atoms with Gasteiger partial charge in [0, 0.05) is 15.1 Å². The van der Waals surface area contributed by atoms with Gasteiger partial charge in [0.05, 0.1) is 23.9 Å². The Morgan fingerprint density at radius 3 is 2.63 bits per heavy atom. The van der Waals surface area contributed by atoms with Gasteiger partial charge < -0.3 is 9.47 Å². The lowest BCUT2D eigenvalue weighted by Crippen LogP contribution is -2.18. The Kier molecular flexibility index (Phi) is 7.74. The summed E-state index contributed by atoms with van der Waals surface area (Å²) in [5.41, 5.74) is 4.34. The predicted molar refractivity (Wildman–Crippen MR) is 123 cm³/mol. The molecule has 30 heavy (non-hydrogen) atoms. The van der Waals surface area contributed by atoms with E-state index in [-0.39, 0.29) is 0 Å². The van der Waals surface area contributed by atoms with Crippen molar-refractivity contribution in [2.24, 2.45) is 5.10 Å². The van der Waals surface area contributed by atoms with Crippen LogP contribution in [0.4, 0.5) is 0 Å². The van der Waals surface area contributed by atoms with Crippen molar-refractivity contribution in [1.29, 1.82) is 0 Å². The van der Waals surface area contributed by atoms with Crippen LogP contribution in [0.1, 0.15) is 21.5 Å². The van der Waals surface area contributed by atoms with Crippen molar-refractivity contribution in [2.45, 2.75) is 6.61 Å². The van der Waals surface area contributed by atoms with Gasteiger partial charge in [0.2, 0.25) is 0 Å². The Morgan fingerprint density at radius 2 is 1.90 bits per heavy atom. The highest BCUT2D eigenvalue weighted by molar-refractivity contribution is 9.10. The molecule has 3 aromatic rings. The molecule has 0 atom stereocenters. The molecular formula is C22H17BrCl2N2O3. The van der Waals surface area contributed by atoms with Crippen LogP contribution in [-0.4, -0.2) is 19.2 Å². The molecular weight excluding hydrogens is 491 g/mol. The first-order valence-electron chi connectivity index (χ1n) is 8.80. The SMILES string of the molecule is COc1ccc(Br)cc1C(=O)N/N=C\c1cc(Cl)cc(Cl)c1OCc1ccccc1. The van der Waals surface area contributed by atoms with E-state index in [1.165, 1.54) is 13.3 Å². The fraction of sp³-hybridized carbons (Fsp3) is 0.0909. The zero-order chi connectivity index (χ0) is 21.5. The largest absolute Gasteiger partial charge is 0.496 e. The average molecular weight is 508 g/mol. The van der Waals surface area contributed by atoms with Crippen molar-refractivity contribution in [1.82, 2.24) is 5.43 Å². The van der Waals surface area contributed by atoms with Gasteiger partial charge in [-0.2, -0.15) is 5.10 Å². The quantitative estimate of drug-likeness (QED) is 0.310. The molecule has 0 saturated heterocycles. The zero-order valence-electron chi connectivity index (χ0n) is 15.9. The van der Waals surface area contributed by atoms with Crippen LogP contribution in [0, 0.1) is 0 Å².